The first-order valence-electron chi connectivity index (χ1n) is 12.3. The summed E-state index contributed by atoms with van der Waals surface area (Å²) in [5.74, 6) is -1.30. The molecule has 0 amide bonds. The highest BCUT2D eigenvalue weighted by molar-refractivity contribution is 5.65. The lowest BCUT2D eigenvalue weighted by molar-refractivity contribution is 0.199. The molecule has 1 fully saturated rings. The minimum atomic E-state index is -0.838. The Kier molecular flexibility index (Phi) is 8.32. The molecular weight excluding hydrogens is 461 g/mol. The van der Waals surface area contributed by atoms with Crippen LogP contribution in [0, 0.1) is 23.4 Å². The summed E-state index contributed by atoms with van der Waals surface area (Å²) in [6.07, 6.45) is 7.92. The number of benzene rings is 3. The van der Waals surface area contributed by atoms with E-state index in [1.54, 1.807) is 67.6 Å². The first kappa shape index (κ1) is 25.8. The molecule has 0 aliphatic heterocycles. The zero-order chi connectivity index (χ0) is 25.7. The highest BCUT2D eigenvalue weighted by Crippen LogP contribution is 2.39. The lowest BCUT2D eigenvalue weighted by atomic mass is 9.78. The van der Waals surface area contributed by atoms with E-state index in [1.807, 2.05) is 6.08 Å². The highest BCUT2D eigenvalue weighted by Gasteiger charge is 2.26. The summed E-state index contributed by atoms with van der Waals surface area (Å²) in [5.41, 5.74) is 2.42. The SMILES string of the molecule is C=CCOc1ccc(/C=C/C2CCC(c3ccc(-c4ccc(C(C)O)cc4)c(F)c3F)CC2)c(F)c1. The van der Waals surface area contributed by atoms with Gasteiger partial charge >= 0.3 is 0 Å². The van der Waals surface area contributed by atoms with Gasteiger partial charge in [-0.25, -0.2) is 13.2 Å². The Hall–Kier alpha value is -3.31. The van der Waals surface area contributed by atoms with Crippen molar-refractivity contribution in [2.24, 2.45) is 5.92 Å². The quantitative estimate of drug-likeness (QED) is 0.320. The van der Waals surface area contributed by atoms with Crippen molar-refractivity contribution in [1.82, 2.24) is 0 Å². The van der Waals surface area contributed by atoms with Crippen LogP contribution in [0.3, 0.4) is 0 Å². The normalized spacial score (nSPS) is 18.8. The van der Waals surface area contributed by atoms with Crippen molar-refractivity contribution in [3.05, 3.63) is 107 Å². The number of rotatable bonds is 8. The highest BCUT2D eigenvalue weighted by atomic mass is 19.2. The Bertz CT molecular complexity index is 1220. The van der Waals surface area contributed by atoms with E-state index in [1.165, 1.54) is 6.07 Å². The largest absolute Gasteiger partial charge is 0.489 e. The van der Waals surface area contributed by atoms with E-state index in [2.05, 4.69) is 6.58 Å². The fourth-order valence-electron chi connectivity index (χ4n) is 4.79. The summed E-state index contributed by atoms with van der Waals surface area (Å²) >= 11 is 0. The number of allylic oxidation sites excluding steroid dienone is 1. The Morgan fingerprint density at radius 3 is 2.33 bits per heavy atom. The maximum Gasteiger partial charge on any atom is 0.166 e. The Balaban J connectivity index is 1.39. The molecular formula is C31H31F3O2. The van der Waals surface area contributed by atoms with Gasteiger partial charge in [-0.1, -0.05) is 61.2 Å². The van der Waals surface area contributed by atoms with Crippen LogP contribution in [0.1, 0.15) is 61.3 Å². The van der Waals surface area contributed by atoms with Crippen molar-refractivity contribution in [2.45, 2.75) is 44.6 Å². The standard InChI is InChI=1S/C31H31F3O2/c1-3-18-36-26-15-14-25(29(32)19-26)9-6-21-4-7-23(8-5-21)27-16-17-28(31(34)30(27)33)24-12-10-22(11-13-24)20(2)35/h3,6,9-17,19-21,23,35H,1,4-5,7-8,18H2,2H3/b9-6+. The number of aliphatic hydroxyl groups is 1. The van der Waals surface area contributed by atoms with Crippen molar-refractivity contribution >= 4 is 6.08 Å². The van der Waals surface area contributed by atoms with Crippen LogP contribution in [-0.4, -0.2) is 11.7 Å². The first-order valence-corrected chi connectivity index (χ1v) is 12.3. The van der Waals surface area contributed by atoms with E-state index in [9.17, 15) is 13.9 Å². The molecule has 3 aromatic carbocycles. The second-order valence-electron chi connectivity index (χ2n) is 9.38. The molecule has 4 rings (SSSR count). The van der Waals surface area contributed by atoms with Crippen LogP contribution in [0.4, 0.5) is 13.2 Å². The molecule has 1 unspecified atom stereocenters. The monoisotopic (exact) mass is 492 g/mol. The van der Waals surface area contributed by atoms with Gasteiger partial charge in [-0.2, -0.15) is 0 Å². The van der Waals surface area contributed by atoms with Gasteiger partial charge < -0.3 is 9.84 Å². The second-order valence-corrected chi connectivity index (χ2v) is 9.38. The molecule has 1 aliphatic carbocycles. The number of hydrogen-bond acceptors (Lipinski definition) is 2. The number of ether oxygens (including phenoxy) is 1. The third kappa shape index (κ3) is 5.90. The third-order valence-corrected chi connectivity index (χ3v) is 6.92. The first-order chi connectivity index (χ1) is 17.4. The molecule has 2 nitrogen and oxygen atoms in total. The molecule has 188 valence electrons. The predicted molar refractivity (Wildman–Crippen MR) is 138 cm³/mol. The molecule has 3 aromatic rings. The van der Waals surface area contributed by atoms with Crippen LogP contribution < -0.4 is 4.74 Å². The molecule has 1 saturated carbocycles. The average Bonchev–Trinajstić information content (AvgIpc) is 2.89. The molecule has 0 heterocycles. The van der Waals surface area contributed by atoms with E-state index in [0.29, 0.717) is 29.0 Å². The smallest absolute Gasteiger partial charge is 0.166 e. The molecule has 0 bridgehead atoms. The lowest BCUT2D eigenvalue weighted by Crippen LogP contribution is -2.13. The van der Waals surface area contributed by atoms with Gasteiger partial charge in [0, 0.05) is 17.2 Å². The van der Waals surface area contributed by atoms with Crippen LogP contribution in [0.5, 0.6) is 5.75 Å². The Labute approximate surface area is 210 Å². The van der Waals surface area contributed by atoms with Gasteiger partial charge in [-0.15, -0.1) is 0 Å². The Morgan fingerprint density at radius 2 is 1.69 bits per heavy atom. The van der Waals surface area contributed by atoms with Crippen molar-refractivity contribution in [1.29, 1.82) is 0 Å². The van der Waals surface area contributed by atoms with Crippen LogP contribution in [0.2, 0.25) is 0 Å². The molecule has 0 spiro atoms. The zero-order valence-corrected chi connectivity index (χ0v) is 20.4. The van der Waals surface area contributed by atoms with Gasteiger partial charge in [0.05, 0.1) is 6.10 Å². The molecule has 36 heavy (non-hydrogen) atoms. The van der Waals surface area contributed by atoms with E-state index >= 15 is 4.39 Å². The van der Waals surface area contributed by atoms with Gasteiger partial charge in [0.1, 0.15) is 18.2 Å². The third-order valence-electron chi connectivity index (χ3n) is 6.92. The summed E-state index contributed by atoms with van der Waals surface area (Å²) in [4.78, 5) is 0. The molecule has 0 saturated heterocycles. The van der Waals surface area contributed by atoms with E-state index in [0.717, 1.165) is 31.2 Å². The topological polar surface area (TPSA) is 29.5 Å². The van der Waals surface area contributed by atoms with Gasteiger partial charge in [-0.05, 0) is 73.3 Å². The molecule has 0 radical (unpaired) electrons. The summed E-state index contributed by atoms with van der Waals surface area (Å²) in [6, 6.07) is 14.9. The minimum Gasteiger partial charge on any atom is -0.489 e. The van der Waals surface area contributed by atoms with Gasteiger partial charge in [-0.3, -0.25) is 0 Å². The zero-order valence-electron chi connectivity index (χ0n) is 20.4. The van der Waals surface area contributed by atoms with Crippen LogP contribution in [0.15, 0.2) is 73.3 Å². The summed E-state index contributed by atoms with van der Waals surface area (Å²) in [6.45, 7) is 5.56. The summed E-state index contributed by atoms with van der Waals surface area (Å²) in [7, 11) is 0. The molecule has 1 N–H and O–H groups in total. The maximum absolute atomic E-state index is 15.1. The Morgan fingerprint density at radius 1 is 0.972 bits per heavy atom. The minimum absolute atomic E-state index is 0.0474. The molecule has 1 aliphatic rings. The van der Waals surface area contributed by atoms with Crippen molar-refractivity contribution in [2.75, 3.05) is 6.61 Å². The van der Waals surface area contributed by atoms with E-state index in [-0.39, 0.29) is 23.2 Å². The predicted octanol–water partition coefficient (Wildman–Crippen LogP) is 8.38. The van der Waals surface area contributed by atoms with Crippen molar-refractivity contribution in [3.63, 3.8) is 0 Å². The fraction of sp³-hybridized carbons (Fsp3) is 0.290. The van der Waals surface area contributed by atoms with E-state index < -0.39 is 17.7 Å². The van der Waals surface area contributed by atoms with Crippen LogP contribution in [-0.2, 0) is 0 Å². The average molecular weight is 493 g/mol. The second kappa shape index (κ2) is 11.6. The number of hydrogen-bond donors (Lipinski definition) is 1. The van der Waals surface area contributed by atoms with Gasteiger partial charge in [0.15, 0.2) is 11.6 Å². The van der Waals surface area contributed by atoms with Crippen LogP contribution in [0.25, 0.3) is 17.2 Å². The van der Waals surface area contributed by atoms with Crippen LogP contribution >= 0.6 is 0 Å². The van der Waals surface area contributed by atoms with Gasteiger partial charge in [0.25, 0.3) is 0 Å². The lowest BCUT2D eigenvalue weighted by Gasteiger charge is -2.27. The van der Waals surface area contributed by atoms with E-state index in [4.69, 9.17) is 4.74 Å². The molecule has 1 atom stereocenters. The number of aliphatic hydroxyl groups excluding tert-OH is 1. The fourth-order valence-corrected chi connectivity index (χ4v) is 4.79. The van der Waals surface area contributed by atoms with Crippen molar-refractivity contribution in [3.8, 4) is 16.9 Å². The van der Waals surface area contributed by atoms with Gasteiger partial charge in [0.2, 0.25) is 0 Å². The summed E-state index contributed by atoms with van der Waals surface area (Å²) < 4.78 is 49.8. The maximum atomic E-state index is 15.1. The van der Waals surface area contributed by atoms with Crippen molar-refractivity contribution < 1.29 is 23.0 Å². The summed E-state index contributed by atoms with van der Waals surface area (Å²) in [5, 5.41) is 9.66. The molecule has 0 aromatic heterocycles. The number of halogens is 3. The molecule has 5 heteroatoms.